The highest BCUT2D eigenvalue weighted by Crippen LogP contribution is 2.33. The van der Waals surface area contributed by atoms with Gasteiger partial charge in [-0.3, -0.25) is 9.59 Å². The number of carboxylic acid groups (broad SMARTS) is 1. The number of ketones is 1. The minimum atomic E-state index is -0.795. The summed E-state index contributed by atoms with van der Waals surface area (Å²) in [5.74, 6) is -1.08. The van der Waals surface area contributed by atoms with E-state index in [1.165, 1.54) is 0 Å². The molecule has 0 aromatic rings. The van der Waals surface area contributed by atoms with E-state index in [0.717, 1.165) is 19.3 Å². The predicted octanol–water partition coefficient (Wildman–Crippen LogP) is 6.45. The van der Waals surface area contributed by atoms with Crippen molar-refractivity contribution in [1.82, 2.24) is 0 Å². The van der Waals surface area contributed by atoms with Gasteiger partial charge in [0.15, 0.2) is 0 Å². The van der Waals surface area contributed by atoms with E-state index in [-0.39, 0.29) is 55.1 Å². The Labute approximate surface area is 169 Å². The van der Waals surface area contributed by atoms with E-state index < -0.39 is 12.1 Å². The molecule has 4 atom stereocenters. The average molecular weight is 379 g/mol. The molecule has 0 spiro atoms. The Balaban J connectivity index is -0.0000000437. The molecule has 1 rings (SSSR count). The molecule has 1 fully saturated rings. The molecule has 25 heavy (non-hydrogen) atoms. The maximum atomic E-state index is 12.1. The largest absolute Gasteiger partial charge is 0.481 e. The summed E-state index contributed by atoms with van der Waals surface area (Å²) in [6.07, 6.45) is 12.2. The van der Waals surface area contributed by atoms with Crippen molar-refractivity contribution in [2.75, 3.05) is 0 Å². The smallest absolute Gasteiger partial charge is 0.303 e. The Morgan fingerprint density at radius 3 is 2.72 bits per heavy atom. The highest BCUT2D eigenvalue weighted by atomic mass is 16.4. The summed E-state index contributed by atoms with van der Waals surface area (Å²) in [5.41, 5.74) is 0. The monoisotopic (exact) mass is 378 g/mol. The second kappa shape index (κ2) is 12.0. The average Bonchev–Trinajstić information content (AvgIpc) is 2.81. The van der Waals surface area contributed by atoms with E-state index >= 15 is 0 Å². The van der Waals surface area contributed by atoms with Crippen molar-refractivity contribution in [3.63, 3.8) is 0 Å². The van der Waals surface area contributed by atoms with Gasteiger partial charge in [-0.1, -0.05) is 37.6 Å². The number of aliphatic carboxylic acids is 1. The van der Waals surface area contributed by atoms with Gasteiger partial charge in [-0.25, -0.2) is 0 Å². The maximum absolute atomic E-state index is 12.1. The number of rotatable bonds is 12. The minimum absolute atomic E-state index is 0. The summed E-state index contributed by atoms with van der Waals surface area (Å²) < 4.78 is 0. The molecule has 0 aliphatic heterocycles. The van der Waals surface area contributed by atoms with Crippen molar-refractivity contribution in [2.24, 2.45) is 11.8 Å². The molecule has 1 saturated carbocycles. The summed E-state index contributed by atoms with van der Waals surface area (Å²) in [4.78, 5) is 22.5. The number of carboxylic acids is 1. The van der Waals surface area contributed by atoms with E-state index in [9.17, 15) is 19.8 Å². The summed E-state index contributed by atoms with van der Waals surface area (Å²) >= 11 is 0. The molecule has 168 valence electrons. The van der Waals surface area contributed by atoms with Gasteiger partial charge in [0, 0.05) is 43.2 Å². The topological polar surface area (TPSA) is 94.8 Å². The molecule has 1 aliphatic rings. The predicted molar refractivity (Wildman–Crippen MR) is 125 cm³/mol. The fraction of sp³-hybridized carbons (Fsp3) is 0.700. The summed E-state index contributed by atoms with van der Waals surface area (Å²) in [5, 5.41) is 28.4. The number of allylic oxidation sites excluding steroid dienone is 3. The molecule has 0 heterocycles. The van der Waals surface area contributed by atoms with Crippen molar-refractivity contribution in [3.8, 4) is 0 Å². The van der Waals surface area contributed by atoms with Crippen LogP contribution in [0.1, 0.15) is 83.3 Å². The van der Waals surface area contributed by atoms with Crippen LogP contribution >= 0.6 is 0 Å². The Morgan fingerprint density at radius 1 is 1.28 bits per heavy atom. The van der Waals surface area contributed by atoms with Crippen molar-refractivity contribution < 1.29 is 43.5 Å². The third-order valence-electron chi connectivity index (χ3n) is 4.70. The fourth-order valence-corrected chi connectivity index (χ4v) is 3.28. The first kappa shape index (κ1) is 21.6. The number of aliphatic hydroxyl groups excluding tert-OH is 2. The highest BCUT2D eigenvalue weighted by Gasteiger charge is 2.38. The molecule has 0 bridgehead atoms. The van der Waals surface area contributed by atoms with Gasteiger partial charge in [0.1, 0.15) is 5.78 Å². The molecule has 0 amide bonds. The fourth-order valence-electron chi connectivity index (χ4n) is 3.28. The third-order valence-corrected chi connectivity index (χ3v) is 4.70. The molecule has 0 aromatic carbocycles. The van der Waals surface area contributed by atoms with Gasteiger partial charge < -0.3 is 15.3 Å². The van der Waals surface area contributed by atoms with Crippen LogP contribution in [0.5, 0.6) is 0 Å². The van der Waals surface area contributed by atoms with Crippen molar-refractivity contribution >= 4 is 11.8 Å². The number of unbranched alkanes of at least 4 members (excludes halogenated alkanes) is 1. The van der Waals surface area contributed by atoms with Crippen LogP contribution in [-0.4, -0.2) is 39.3 Å². The van der Waals surface area contributed by atoms with Crippen LogP contribution in [0.15, 0.2) is 24.3 Å². The third kappa shape index (κ3) is 8.45. The maximum Gasteiger partial charge on any atom is 0.303 e. The van der Waals surface area contributed by atoms with E-state index in [0.29, 0.717) is 25.7 Å². The molecular formula is C20H58O5. The van der Waals surface area contributed by atoms with Gasteiger partial charge in [0.25, 0.3) is 0 Å². The molecule has 0 saturated heterocycles. The zero-order valence-corrected chi connectivity index (χ0v) is 15.1. The Hall–Kier alpha value is -1.46. The molecule has 5 nitrogen and oxygen atoms in total. The molecule has 1 aliphatic carbocycles. The molecular weight excluding hydrogens is 320 g/mol. The Bertz CT molecular complexity index is 504. The molecule has 0 aromatic heterocycles. The summed E-state index contributed by atoms with van der Waals surface area (Å²) in [7, 11) is 0. The number of carbonyl (C=O) groups is 2. The second-order valence-electron chi connectivity index (χ2n) is 6.86. The molecule has 0 radical (unpaired) electrons. The number of hydrogen-bond donors (Lipinski definition) is 3. The van der Waals surface area contributed by atoms with Gasteiger partial charge in [0.05, 0.1) is 12.2 Å². The summed E-state index contributed by atoms with van der Waals surface area (Å²) in [6, 6.07) is 0. The second-order valence-corrected chi connectivity index (χ2v) is 6.86. The molecule has 0 unspecified atom stereocenters. The lowest BCUT2D eigenvalue weighted by Crippen LogP contribution is -2.18. The van der Waals surface area contributed by atoms with E-state index in [4.69, 9.17) is 5.11 Å². The van der Waals surface area contributed by atoms with E-state index in [1.54, 1.807) is 0 Å². The van der Waals surface area contributed by atoms with Crippen molar-refractivity contribution in [3.05, 3.63) is 24.3 Å². The molecule has 3 N–H and O–H groups in total. The lowest BCUT2D eigenvalue weighted by atomic mass is 9.90. The first-order valence-electron chi connectivity index (χ1n) is 9.38. The first-order chi connectivity index (χ1) is 12.0. The number of hydrogen-bond acceptors (Lipinski definition) is 4. The van der Waals surface area contributed by atoms with Crippen LogP contribution in [0.3, 0.4) is 0 Å². The van der Waals surface area contributed by atoms with E-state index in [2.05, 4.69) is 0 Å². The van der Waals surface area contributed by atoms with Gasteiger partial charge in [-0.15, -0.1) is 0 Å². The van der Waals surface area contributed by atoms with Crippen LogP contribution in [0.25, 0.3) is 0 Å². The van der Waals surface area contributed by atoms with Crippen LogP contribution in [0.4, 0.5) is 0 Å². The van der Waals surface area contributed by atoms with E-state index in [1.807, 2.05) is 31.2 Å². The highest BCUT2D eigenvalue weighted by molar-refractivity contribution is 5.84. The summed E-state index contributed by atoms with van der Waals surface area (Å²) in [6.45, 7) is 2.04. The van der Waals surface area contributed by atoms with Gasteiger partial charge in [0.2, 0.25) is 0 Å². The number of aliphatic hydroxyl groups is 2. The molecule has 5 heteroatoms. The number of carbonyl (C=O) groups excluding carboxylic acids is 1. The van der Waals surface area contributed by atoms with Crippen LogP contribution in [0, 0.1) is 11.8 Å². The first-order valence-corrected chi connectivity index (χ1v) is 9.38. The van der Waals surface area contributed by atoms with Gasteiger partial charge in [-0.2, -0.15) is 0 Å². The SMILES string of the molecule is CCC[C@@H](O)CCC=C[C@H]1[C@@H](O)CC(=O)[C@@H]1CC=CCCCC(=O)O.[HH].[HH].[HH].[HH].[HH].[HH].[HH].[HH].[HH].[HH].[HH].[HH].[HH]. The minimum Gasteiger partial charge on any atom is -0.481 e. The zero-order valence-electron chi connectivity index (χ0n) is 15.1. The van der Waals surface area contributed by atoms with Crippen molar-refractivity contribution in [1.29, 1.82) is 0 Å². The lowest BCUT2D eigenvalue weighted by Gasteiger charge is -2.16. The lowest BCUT2D eigenvalue weighted by molar-refractivity contribution is -0.137. The van der Waals surface area contributed by atoms with Gasteiger partial charge >= 0.3 is 5.97 Å². The Kier molecular flexibility index (Phi) is 10.3. The van der Waals surface area contributed by atoms with Gasteiger partial charge in [-0.05, 0) is 38.5 Å². The quantitative estimate of drug-likeness (QED) is 0.268. The van der Waals surface area contributed by atoms with Crippen LogP contribution in [0.2, 0.25) is 0 Å². The Morgan fingerprint density at radius 2 is 2.04 bits per heavy atom. The van der Waals surface area contributed by atoms with Crippen LogP contribution in [-0.2, 0) is 9.59 Å². The zero-order chi connectivity index (χ0) is 18.7. The van der Waals surface area contributed by atoms with Crippen molar-refractivity contribution in [2.45, 2.75) is 76.9 Å². The van der Waals surface area contributed by atoms with Crippen LogP contribution < -0.4 is 0 Å². The number of Topliss-reactive ketones (excluding diaryl/α,β-unsaturated/α-hetero) is 1. The standard InChI is InChI=1S/C20H32O5.13H2/c1-2-9-15(21)10-7-8-12-17-16(18(22)14-19(17)23)11-5-3-4-6-13-20(24)25;;;;;;;;;;;;;/h3,5,8,12,15-17,19,21,23H,2,4,6-7,9-11,13-14H2,1H3,(H,24,25);13*1H/t15-,16-,17-,19+;;;;;;;;;;;;;/m1............./s1. The normalized spacial score (nSPS) is 25.2.